The van der Waals surface area contributed by atoms with E-state index < -0.39 is 5.97 Å². The Balaban J connectivity index is 1.98. The van der Waals surface area contributed by atoms with Gasteiger partial charge >= 0.3 is 0 Å². The van der Waals surface area contributed by atoms with Crippen molar-refractivity contribution in [2.45, 2.75) is 0 Å². The second kappa shape index (κ2) is 8.34. The van der Waals surface area contributed by atoms with Crippen LogP contribution in [0.2, 0.25) is 0 Å². The van der Waals surface area contributed by atoms with E-state index in [0.717, 1.165) is 16.2 Å². The molecule has 0 saturated carbocycles. The standard InChI is InChI=1S/C19H14BrNO5S2/c1-25-14-7-11(13(20)9-15(14)26-2)8-16-17(22)21(19(27)28-16)12-5-3-4-10(6-12)18(23)24/h3-9H,1-2H3,(H,23,24)/p-1/b16-8+. The molecule has 1 heterocycles. The van der Waals surface area contributed by atoms with Crippen LogP contribution in [0, 0.1) is 0 Å². The molecule has 9 heteroatoms. The highest BCUT2D eigenvalue weighted by Crippen LogP contribution is 2.39. The molecule has 0 bridgehead atoms. The summed E-state index contributed by atoms with van der Waals surface area (Å²) < 4.78 is 11.6. The van der Waals surface area contributed by atoms with Gasteiger partial charge in [-0.1, -0.05) is 52.0 Å². The number of ether oxygens (including phenoxy) is 2. The number of carboxylic acids is 1. The summed E-state index contributed by atoms with van der Waals surface area (Å²) >= 11 is 9.92. The number of carbonyl (C=O) groups excluding carboxylic acids is 2. The maximum Gasteiger partial charge on any atom is 0.270 e. The van der Waals surface area contributed by atoms with Crippen LogP contribution in [0.15, 0.2) is 45.8 Å². The number of thioether (sulfide) groups is 1. The molecule has 0 N–H and O–H groups in total. The number of hydrogen-bond donors (Lipinski definition) is 0. The summed E-state index contributed by atoms with van der Waals surface area (Å²) in [5.41, 5.74) is 1.05. The molecule has 0 radical (unpaired) electrons. The summed E-state index contributed by atoms with van der Waals surface area (Å²) in [4.78, 5) is 25.7. The van der Waals surface area contributed by atoms with Gasteiger partial charge in [0, 0.05) is 4.47 Å². The third-order valence-electron chi connectivity index (χ3n) is 3.92. The van der Waals surface area contributed by atoms with E-state index in [1.165, 1.54) is 37.3 Å². The molecular weight excluding hydrogens is 466 g/mol. The Morgan fingerprint density at radius 3 is 2.54 bits per heavy atom. The molecule has 1 amide bonds. The Labute approximate surface area is 179 Å². The average molecular weight is 479 g/mol. The Kier molecular flexibility index (Phi) is 6.07. The van der Waals surface area contributed by atoms with Gasteiger partial charge in [0.15, 0.2) is 15.8 Å². The van der Waals surface area contributed by atoms with Crippen molar-refractivity contribution in [1.29, 1.82) is 0 Å². The highest BCUT2D eigenvalue weighted by Gasteiger charge is 2.33. The summed E-state index contributed by atoms with van der Waals surface area (Å²) in [5, 5.41) is 11.1. The van der Waals surface area contributed by atoms with Crippen LogP contribution in [-0.4, -0.2) is 30.4 Å². The Morgan fingerprint density at radius 1 is 1.21 bits per heavy atom. The van der Waals surface area contributed by atoms with Crippen molar-refractivity contribution < 1.29 is 24.2 Å². The number of carbonyl (C=O) groups is 2. The van der Waals surface area contributed by atoms with Crippen molar-refractivity contribution in [3.63, 3.8) is 0 Å². The normalized spacial score (nSPS) is 15.2. The molecule has 0 aromatic heterocycles. The van der Waals surface area contributed by atoms with E-state index in [0.29, 0.717) is 32.0 Å². The van der Waals surface area contributed by atoms with Crippen LogP contribution in [-0.2, 0) is 4.79 Å². The predicted octanol–water partition coefficient (Wildman–Crippen LogP) is 3.24. The molecule has 0 unspecified atom stereocenters. The lowest BCUT2D eigenvalue weighted by molar-refractivity contribution is -0.255. The number of methoxy groups -OCH3 is 2. The number of rotatable bonds is 5. The molecule has 0 aliphatic carbocycles. The van der Waals surface area contributed by atoms with Crippen LogP contribution in [0.5, 0.6) is 11.5 Å². The van der Waals surface area contributed by atoms with E-state index in [1.807, 2.05) is 0 Å². The smallest absolute Gasteiger partial charge is 0.270 e. The third kappa shape index (κ3) is 3.91. The minimum absolute atomic E-state index is 0.0295. The average Bonchev–Trinajstić information content (AvgIpc) is 2.96. The number of nitrogens with zero attached hydrogens (tertiary/aromatic N) is 1. The molecule has 6 nitrogen and oxygen atoms in total. The molecule has 1 fully saturated rings. The Morgan fingerprint density at radius 2 is 1.89 bits per heavy atom. The highest BCUT2D eigenvalue weighted by atomic mass is 79.9. The molecule has 1 aliphatic rings. The number of thiocarbonyl (C=S) groups is 1. The first kappa shape index (κ1) is 20.4. The summed E-state index contributed by atoms with van der Waals surface area (Å²) in [6, 6.07) is 9.39. The minimum Gasteiger partial charge on any atom is -0.545 e. The third-order valence-corrected chi connectivity index (χ3v) is 5.91. The number of amides is 1. The van der Waals surface area contributed by atoms with Gasteiger partial charge in [0.1, 0.15) is 0 Å². The quantitative estimate of drug-likeness (QED) is 0.481. The molecule has 2 aromatic carbocycles. The minimum atomic E-state index is -1.32. The maximum atomic E-state index is 12.9. The number of benzene rings is 2. The Bertz CT molecular complexity index is 1020. The van der Waals surface area contributed by atoms with Gasteiger partial charge in [-0.15, -0.1) is 0 Å². The molecule has 3 rings (SSSR count). The van der Waals surface area contributed by atoms with Crippen molar-refractivity contribution in [2.75, 3.05) is 19.1 Å². The fourth-order valence-corrected chi connectivity index (χ4v) is 4.31. The maximum absolute atomic E-state index is 12.9. The SMILES string of the molecule is COc1cc(Br)c(/C=C2/SC(=S)N(c3cccc(C(=O)[O-])c3)C2=O)cc1OC. The summed E-state index contributed by atoms with van der Waals surface area (Å²) in [6.07, 6.45) is 1.69. The van der Waals surface area contributed by atoms with Gasteiger partial charge in [0.05, 0.1) is 30.8 Å². The van der Waals surface area contributed by atoms with Crippen LogP contribution in [0.3, 0.4) is 0 Å². The lowest BCUT2D eigenvalue weighted by Gasteiger charge is -2.16. The topological polar surface area (TPSA) is 78.9 Å². The molecule has 1 saturated heterocycles. The number of anilines is 1. The predicted molar refractivity (Wildman–Crippen MR) is 114 cm³/mol. The number of carboxylic acid groups (broad SMARTS) is 1. The fourth-order valence-electron chi connectivity index (χ4n) is 2.58. The molecule has 0 spiro atoms. The zero-order valence-electron chi connectivity index (χ0n) is 14.7. The van der Waals surface area contributed by atoms with E-state index in [2.05, 4.69) is 15.9 Å². The van der Waals surface area contributed by atoms with Gasteiger partial charge < -0.3 is 19.4 Å². The van der Waals surface area contributed by atoms with Gasteiger partial charge in [-0.3, -0.25) is 9.69 Å². The summed E-state index contributed by atoms with van der Waals surface area (Å²) in [6.45, 7) is 0. The second-order valence-electron chi connectivity index (χ2n) is 5.58. The second-order valence-corrected chi connectivity index (χ2v) is 8.11. The van der Waals surface area contributed by atoms with Gasteiger partial charge in [0.2, 0.25) is 0 Å². The van der Waals surface area contributed by atoms with Crippen molar-refractivity contribution in [3.8, 4) is 11.5 Å². The van der Waals surface area contributed by atoms with Gasteiger partial charge in [-0.05, 0) is 41.5 Å². The summed E-state index contributed by atoms with van der Waals surface area (Å²) in [5.74, 6) is -0.587. The van der Waals surface area contributed by atoms with E-state index in [-0.39, 0.29) is 11.5 Å². The largest absolute Gasteiger partial charge is 0.545 e. The summed E-state index contributed by atoms with van der Waals surface area (Å²) in [7, 11) is 3.06. The van der Waals surface area contributed by atoms with E-state index >= 15 is 0 Å². The first-order valence-electron chi connectivity index (χ1n) is 7.86. The Hall–Kier alpha value is -2.36. The molecule has 2 aromatic rings. The van der Waals surface area contributed by atoms with E-state index in [4.69, 9.17) is 21.7 Å². The van der Waals surface area contributed by atoms with Gasteiger partial charge in [-0.25, -0.2) is 0 Å². The fraction of sp³-hybridized carbons (Fsp3) is 0.105. The molecule has 0 atom stereocenters. The van der Waals surface area contributed by atoms with Crippen molar-refractivity contribution in [3.05, 3.63) is 56.9 Å². The number of aromatic carboxylic acids is 1. The first-order valence-corrected chi connectivity index (χ1v) is 9.88. The molecule has 28 heavy (non-hydrogen) atoms. The van der Waals surface area contributed by atoms with Crippen LogP contribution in [0.25, 0.3) is 6.08 Å². The number of hydrogen-bond acceptors (Lipinski definition) is 7. The zero-order chi connectivity index (χ0) is 20.4. The molecule has 1 aliphatic heterocycles. The van der Waals surface area contributed by atoms with Crippen molar-refractivity contribution >= 4 is 67.9 Å². The van der Waals surface area contributed by atoms with Crippen LogP contribution in [0.1, 0.15) is 15.9 Å². The van der Waals surface area contributed by atoms with Crippen LogP contribution < -0.4 is 19.5 Å². The van der Waals surface area contributed by atoms with Crippen LogP contribution >= 0.6 is 39.9 Å². The van der Waals surface area contributed by atoms with E-state index in [9.17, 15) is 14.7 Å². The molecule has 144 valence electrons. The highest BCUT2D eigenvalue weighted by molar-refractivity contribution is 9.10. The molecular formula is C19H13BrNO5S2-. The van der Waals surface area contributed by atoms with Crippen molar-refractivity contribution in [1.82, 2.24) is 0 Å². The van der Waals surface area contributed by atoms with Crippen molar-refractivity contribution in [2.24, 2.45) is 0 Å². The van der Waals surface area contributed by atoms with Gasteiger partial charge in [-0.2, -0.15) is 0 Å². The van der Waals surface area contributed by atoms with E-state index in [1.54, 1.807) is 24.3 Å². The first-order chi connectivity index (χ1) is 13.3. The van der Waals surface area contributed by atoms with Gasteiger partial charge in [0.25, 0.3) is 5.91 Å². The van der Waals surface area contributed by atoms with Crippen LogP contribution in [0.4, 0.5) is 5.69 Å². The lowest BCUT2D eigenvalue weighted by atomic mass is 10.1. The monoisotopic (exact) mass is 478 g/mol. The lowest BCUT2D eigenvalue weighted by Crippen LogP contribution is -2.28. The zero-order valence-corrected chi connectivity index (χ0v) is 17.9. The number of halogens is 1.